The van der Waals surface area contributed by atoms with Crippen LogP contribution < -0.4 is 5.32 Å². The Morgan fingerprint density at radius 3 is 2.77 bits per heavy atom. The normalized spacial score (nSPS) is 20.7. The molecule has 0 aromatic carbocycles. The Bertz CT molecular complexity index is 620. The minimum atomic E-state index is 0.740. The summed E-state index contributed by atoms with van der Waals surface area (Å²) in [6.45, 7) is 2.91. The Kier molecular flexibility index (Phi) is 4.34. The van der Waals surface area contributed by atoms with E-state index in [-0.39, 0.29) is 0 Å². The quantitative estimate of drug-likeness (QED) is 0.919. The van der Waals surface area contributed by atoms with Crippen LogP contribution in [0.25, 0.3) is 11.3 Å². The summed E-state index contributed by atoms with van der Waals surface area (Å²) in [5.41, 5.74) is 1.94. The Morgan fingerprint density at radius 2 is 2.09 bits per heavy atom. The van der Waals surface area contributed by atoms with Crippen LogP contribution in [0.3, 0.4) is 0 Å². The second kappa shape index (κ2) is 6.40. The van der Waals surface area contributed by atoms with E-state index in [1.807, 2.05) is 31.3 Å². The number of aryl methyl sites for hydroxylation is 1. The summed E-state index contributed by atoms with van der Waals surface area (Å²) in [5.74, 6) is 2.42. The Balaban J connectivity index is 1.64. The number of anilines is 1. The third-order valence-corrected chi connectivity index (χ3v) is 4.31. The highest BCUT2D eigenvalue weighted by Gasteiger charge is 2.30. The molecule has 5 heteroatoms. The number of nitrogens with zero attached hydrogens (tertiary/aromatic N) is 4. The zero-order chi connectivity index (χ0) is 15.5. The number of hydrogen-bond acceptors (Lipinski definition) is 5. The van der Waals surface area contributed by atoms with Crippen molar-refractivity contribution < 1.29 is 0 Å². The van der Waals surface area contributed by atoms with Gasteiger partial charge in [-0.1, -0.05) is 0 Å². The molecular weight excluding hydrogens is 274 g/mol. The first-order valence-electron chi connectivity index (χ1n) is 7.78. The molecule has 1 fully saturated rings. The molecule has 0 amide bonds. The van der Waals surface area contributed by atoms with Crippen molar-refractivity contribution in [2.45, 2.75) is 25.8 Å². The van der Waals surface area contributed by atoms with Crippen molar-refractivity contribution in [2.75, 3.05) is 26.0 Å². The monoisotopic (exact) mass is 297 g/mol. The van der Waals surface area contributed by atoms with Crippen LogP contribution in [0.15, 0.2) is 30.6 Å². The number of nitrogens with one attached hydrogen (secondary N) is 1. The lowest BCUT2D eigenvalue weighted by Gasteiger charge is -2.39. The molecule has 0 spiro atoms. The maximum Gasteiger partial charge on any atom is 0.130 e. The third kappa shape index (κ3) is 3.42. The lowest BCUT2D eigenvalue weighted by Crippen LogP contribution is -2.42. The summed E-state index contributed by atoms with van der Waals surface area (Å²) < 4.78 is 0. The average Bonchev–Trinajstić information content (AvgIpc) is 2.45. The van der Waals surface area contributed by atoms with Gasteiger partial charge in [-0.3, -0.25) is 4.98 Å². The van der Waals surface area contributed by atoms with E-state index in [9.17, 15) is 0 Å². The van der Waals surface area contributed by atoms with Gasteiger partial charge in [0.2, 0.25) is 0 Å². The molecule has 0 saturated heterocycles. The van der Waals surface area contributed by atoms with Crippen LogP contribution in [-0.2, 0) is 0 Å². The van der Waals surface area contributed by atoms with Crippen molar-refractivity contribution in [1.29, 1.82) is 0 Å². The van der Waals surface area contributed by atoms with Crippen molar-refractivity contribution >= 4 is 5.82 Å². The van der Waals surface area contributed by atoms with Gasteiger partial charge in [0.1, 0.15) is 11.6 Å². The number of hydrogen-bond donors (Lipinski definition) is 1. The molecule has 2 aromatic heterocycles. The second-order valence-corrected chi connectivity index (χ2v) is 6.26. The van der Waals surface area contributed by atoms with E-state index in [0.29, 0.717) is 0 Å². The molecule has 0 radical (unpaired) electrons. The van der Waals surface area contributed by atoms with Crippen molar-refractivity contribution in [2.24, 2.45) is 5.92 Å². The molecule has 1 N–H and O–H groups in total. The lowest BCUT2D eigenvalue weighted by molar-refractivity contribution is 0.131. The van der Waals surface area contributed by atoms with E-state index < -0.39 is 0 Å². The van der Waals surface area contributed by atoms with Gasteiger partial charge in [-0.2, -0.15) is 0 Å². The van der Waals surface area contributed by atoms with Gasteiger partial charge in [0.15, 0.2) is 0 Å². The minimum absolute atomic E-state index is 0.740. The van der Waals surface area contributed by atoms with E-state index in [4.69, 9.17) is 0 Å². The molecule has 1 saturated carbocycles. The van der Waals surface area contributed by atoms with Crippen LogP contribution >= 0.6 is 0 Å². The second-order valence-electron chi connectivity index (χ2n) is 6.26. The molecule has 0 bridgehead atoms. The van der Waals surface area contributed by atoms with E-state index in [0.717, 1.165) is 41.4 Å². The maximum atomic E-state index is 4.50. The van der Waals surface area contributed by atoms with Crippen LogP contribution in [0.4, 0.5) is 5.82 Å². The number of pyridine rings is 1. The predicted molar refractivity (Wildman–Crippen MR) is 88.7 cm³/mol. The zero-order valence-corrected chi connectivity index (χ0v) is 13.5. The van der Waals surface area contributed by atoms with Gasteiger partial charge in [0.05, 0.1) is 5.69 Å². The molecule has 0 unspecified atom stereocenters. The van der Waals surface area contributed by atoms with E-state index in [1.54, 1.807) is 6.20 Å². The van der Waals surface area contributed by atoms with Crippen LogP contribution in [0.1, 0.15) is 18.7 Å². The van der Waals surface area contributed by atoms with Crippen LogP contribution in [-0.4, -0.2) is 46.5 Å². The Morgan fingerprint density at radius 1 is 1.27 bits per heavy atom. The predicted octanol–water partition coefficient (Wildman–Crippen LogP) is 2.60. The molecule has 116 valence electrons. The Labute approximate surface area is 131 Å². The number of aromatic nitrogens is 3. The van der Waals surface area contributed by atoms with Crippen LogP contribution in [0.2, 0.25) is 0 Å². The zero-order valence-electron chi connectivity index (χ0n) is 13.5. The van der Waals surface area contributed by atoms with Crippen LogP contribution in [0.5, 0.6) is 0 Å². The first-order valence-corrected chi connectivity index (χ1v) is 7.78. The van der Waals surface area contributed by atoms with Gasteiger partial charge in [-0.05, 0) is 51.9 Å². The van der Waals surface area contributed by atoms with Crippen molar-refractivity contribution in [1.82, 2.24) is 19.9 Å². The van der Waals surface area contributed by atoms with Gasteiger partial charge in [0, 0.05) is 36.6 Å². The van der Waals surface area contributed by atoms with Gasteiger partial charge in [-0.15, -0.1) is 0 Å². The topological polar surface area (TPSA) is 53.9 Å². The summed E-state index contributed by atoms with van der Waals surface area (Å²) in [5, 5.41) is 3.47. The van der Waals surface area contributed by atoms with E-state index >= 15 is 0 Å². The molecule has 0 aliphatic heterocycles. The fourth-order valence-corrected chi connectivity index (χ4v) is 2.86. The molecule has 22 heavy (non-hydrogen) atoms. The summed E-state index contributed by atoms with van der Waals surface area (Å²) >= 11 is 0. The summed E-state index contributed by atoms with van der Waals surface area (Å²) in [6, 6.07) is 6.69. The van der Waals surface area contributed by atoms with E-state index in [2.05, 4.69) is 39.3 Å². The molecular formula is C17H23N5. The summed E-state index contributed by atoms with van der Waals surface area (Å²) in [7, 11) is 4.31. The highest BCUT2D eigenvalue weighted by atomic mass is 15.1. The van der Waals surface area contributed by atoms with Gasteiger partial charge < -0.3 is 10.2 Å². The summed E-state index contributed by atoms with van der Waals surface area (Å²) in [6.07, 6.45) is 6.13. The van der Waals surface area contributed by atoms with Crippen molar-refractivity contribution in [3.63, 3.8) is 0 Å². The first kappa shape index (κ1) is 14.9. The van der Waals surface area contributed by atoms with Gasteiger partial charge in [-0.25, -0.2) is 9.97 Å². The highest BCUT2D eigenvalue weighted by molar-refractivity contribution is 5.61. The van der Waals surface area contributed by atoms with Crippen molar-refractivity contribution in [3.05, 3.63) is 36.4 Å². The standard InChI is InChI=1S/C17H23N5/c1-12-20-16(14-5-4-6-18-11-14)9-17(21-12)19-10-13-7-15(8-13)22(2)3/h4-6,9,11,13,15H,7-8,10H2,1-3H3,(H,19,20,21). The Hall–Kier alpha value is -2.01. The first-order chi connectivity index (χ1) is 10.6. The molecule has 1 aliphatic carbocycles. The highest BCUT2D eigenvalue weighted by Crippen LogP contribution is 2.30. The smallest absolute Gasteiger partial charge is 0.130 e. The number of rotatable bonds is 5. The molecule has 3 rings (SSSR count). The molecule has 5 nitrogen and oxygen atoms in total. The van der Waals surface area contributed by atoms with Gasteiger partial charge >= 0.3 is 0 Å². The summed E-state index contributed by atoms with van der Waals surface area (Å²) in [4.78, 5) is 15.5. The third-order valence-electron chi connectivity index (χ3n) is 4.31. The van der Waals surface area contributed by atoms with Crippen LogP contribution in [0, 0.1) is 12.8 Å². The largest absolute Gasteiger partial charge is 0.370 e. The fourth-order valence-electron chi connectivity index (χ4n) is 2.86. The SMILES string of the molecule is Cc1nc(NCC2CC(N(C)C)C2)cc(-c2cccnc2)n1. The maximum absolute atomic E-state index is 4.50. The van der Waals surface area contributed by atoms with Crippen molar-refractivity contribution in [3.8, 4) is 11.3 Å². The fraction of sp³-hybridized carbons (Fsp3) is 0.471. The van der Waals surface area contributed by atoms with E-state index in [1.165, 1.54) is 12.8 Å². The molecule has 2 aromatic rings. The molecule has 0 atom stereocenters. The lowest BCUT2D eigenvalue weighted by atomic mass is 9.79. The molecule has 1 aliphatic rings. The average molecular weight is 297 g/mol. The minimum Gasteiger partial charge on any atom is -0.370 e. The van der Waals surface area contributed by atoms with Gasteiger partial charge in [0.25, 0.3) is 0 Å². The molecule has 2 heterocycles.